The average Bonchev–Trinajstić information content (AvgIpc) is 2.31. The summed E-state index contributed by atoms with van der Waals surface area (Å²) >= 11 is 1.43. The molecule has 0 saturated carbocycles. The molecule has 3 N–H and O–H groups in total. The third-order valence-electron chi connectivity index (χ3n) is 1.50. The quantitative estimate of drug-likeness (QED) is 0.729. The summed E-state index contributed by atoms with van der Waals surface area (Å²) in [4.78, 5) is 0. The van der Waals surface area contributed by atoms with Gasteiger partial charge in [-0.05, 0) is 24.9 Å². The number of anilines is 2. The number of rotatable bonds is 3. The third-order valence-corrected chi connectivity index (χ3v) is 2.42. The van der Waals surface area contributed by atoms with Crippen molar-refractivity contribution in [2.75, 3.05) is 17.6 Å². The van der Waals surface area contributed by atoms with Crippen LogP contribution in [-0.4, -0.2) is 10.9 Å². The molecule has 0 atom stereocenters. The molecule has 0 radical (unpaired) electrons. The van der Waals surface area contributed by atoms with Crippen molar-refractivity contribution in [1.29, 1.82) is 0 Å². The van der Waals surface area contributed by atoms with Gasteiger partial charge in [-0.3, -0.25) is 0 Å². The molecule has 0 spiro atoms. The van der Waals surface area contributed by atoms with E-state index in [1.165, 1.54) is 11.5 Å². The number of hydrogen-bond donors (Lipinski definition) is 2. The summed E-state index contributed by atoms with van der Waals surface area (Å²) < 4.78 is 4.03. The van der Waals surface area contributed by atoms with E-state index < -0.39 is 0 Å². The highest BCUT2D eigenvalue weighted by Crippen LogP contribution is 2.24. The predicted octanol–water partition coefficient (Wildman–Crippen LogP) is 1.86. The zero-order chi connectivity index (χ0) is 8.27. The number of nitrogen functional groups attached to an aromatic ring is 1. The van der Waals surface area contributed by atoms with Gasteiger partial charge >= 0.3 is 0 Å². The normalized spacial score (nSPS) is 10.0. The zero-order valence-electron chi connectivity index (χ0n) is 6.85. The molecule has 62 valence electrons. The molecule has 1 rings (SSSR count). The van der Waals surface area contributed by atoms with Gasteiger partial charge in [0.2, 0.25) is 0 Å². The minimum atomic E-state index is 0.647. The van der Waals surface area contributed by atoms with Crippen molar-refractivity contribution in [1.82, 2.24) is 4.37 Å². The molecule has 0 bridgehead atoms. The Hall–Kier alpha value is -0.770. The monoisotopic (exact) mass is 171 g/mol. The van der Waals surface area contributed by atoms with Gasteiger partial charge in [-0.15, -0.1) is 0 Å². The number of nitrogens with two attached hydrogens (primary N) is 1. The van der Waals surface area contributed by atoms with Crippen molar-refractivity contribution >= 4 is 22.4 Å². The molecule has 1 aromatic heterocycles. The molecule has 4 heteroatoms. The third kappa shape index (κ3) is 1.83. The standard InChI is InChI=1S/C7H13N3S/c1-3-4-9-7-5(2)6(8)10-11-7/h9H,3-4H2,1-2H3,(H2,8,10). The lowest BCUT2D eigenvalue weighted by Gasteiger charge is -2.00. The largest absolute Gasteiger partial charge is 0.383 e. The van der Waals surface area contributed by atoms with Crippen LogP contribution in [0.4, 0.5) is 10.8 Å². The maximum absolute atomic E-state index is 5.57. The smallest absolute Gasteiger partial charge is 0.142 e. The van der Waals surface area contributed by atoms with E-state index in [9.17, 15) is 0 Å². The fourth-order valence-electron chi connectivity index (χ4n) is 0.751. The van der Waals surface area contributed by atoms with E-state index in [1.807, 2.05) is 6.92 Å². The van der Waals surface area contributed by atoms with Crippen molar-refractivity contribution in [2.24, 2.45) is 0 Å². The second-order valence-electron chi connectivity index (χ2n) is 2.45. The summed E-state index contributed by atoms with van der Waals surface area (Å²) in [6, 6.07) is 0. The molecule has 0 aliphatic heterocycles. The Morgan fingerprint density at radius 2 is 2.36 bits per heavy atom. The van der Waals surface area contributed by atoms with Crippen LogP contribution in [0.15, 0.2) is 0 Å². The highest BCUT2D eigenvalue weighted by Gasteiger charge is 2.03. The molecule has 0 aliphatic carbocycles. The molecule has 1 heterocycles. The van der Waals surface area contributed by atoms with E-state index in [4.69, 9.17) is 5.73 Å². The molecule has 3 nitrogen and oxygen atoms in total. The van der Waals surface area contributed by atoms with Gasteiger partial charge in [0.25, 0.3) is 0 Å². The van der Waals surface area contributed by atoms with E-state index in [0.29, 0.717) is 5.82 Å². The number of nitrogens with zero attached hydrogens (tertiary/aromatic N) is 1. The molecule has 0 aliphatic rings. The lowest BCUT2D eigenvalue weighted by molar-refractivity contribution is 0.982. The van der Waals surface area contributed by atoms with Crippen LogP contribution in [0.1, 0.15) is 18.9 Å². The Labute approximate surface area is 70.8 Å². The fraction of sp³-hybridized carbons (Fsp3) is 0.571. The van der Waals surface area contributed by atoms with Crippen LogP contribution in [0.2, 0.25) is 0 Å². The molecule has 0 aromatic carbocycles. The molecular weight excluding hydrogens is 158 g/mol. The molecule has 0 saturated heterocycles. The van der Waals surface area contributed by atoms with Crippen molar-refractivity contribution < 1.29 is 0 Å². The van der Waals surface area contributed by atoms with Crippen LogP contribution >= 0.6 is 11.5 Å². The van der Waals surface area contributed by atoms with Gasteiger partial charge in [-0.2, -0.15) is 4.37 Å². The number of nitrogens with one attached hydrogen (secondary N) is 1. The minimum Gasteiger partial charge on any atom is -0.383 e. The molecule has 1 aromatic rings. The first-order valence-corrected chi connectivity index (χ1v) is 4.48. The lowest BCUT2D eigenvalue weighted by atomic mass is 10.3. The summed E-state index contributed by atoms with van der Waals surface area (Å²) in [7, 11) is 0. The second kappa shape index (κ2) is 3.57. The van der Waals surface area contributed by atoms with Gasteiger partial charge in [0.05, 0.1) is 0 Å². The lowest BCUT2D eigenvalue weighted by Crippen LogP contribution is -1.99. The van der Waals surface area contributed by atoms with Crippen molar-refractivity contribution in [3.8, 4) is 0 Å². The maximum atomic E-state index is 5.57. The Kier molecular flexibility index (Phi) is 2.70. The van der Waals surface area contributed by atoms with Crippen LogP contribution in [0.3, 0.4) is 0 Å². The van der Waals surface area contributed by atoms with Crippen LogP contribution in [0, 0.1) is 6.92 Å². The molecule has 0 unspecified atom stereocenters. The van der Waals surface area contributed by atoms with Crippen LogP contribution < -0.4 is 11.1 Å². The first-order valence-electron chi connectivity index (χ1n) is 3.71. The predicted molar refractivity (Wildman–Crippen MR) is 50.0 cm³/mol. The van der Waals surface area contributed by atoms with Gasteiger partial charge in [0.15, 0.2) is 0 Å². The average molecular weight is 171 g/mol. The van der Waals surface area contributed by atoms with Gasteiger partial charge in [0.1, 0.15) is 10.8 Å². The summed E-state index contributed by atoms with van der Waals surface area (Å²) in [6.07, 6.45) is 1.12. The fourth-order valence-corrected chi connectivity index (χ4v) is 1.49. The SMILES string of the molecule is CCCNc1snc(N)c1C. The highest BCUT2D eigenvalue weighted by atomic mass is 32.1. The first kappa shape index (κ1) is 8.33. The Bertz CT molecular complexity index is 232. The Balaban J connectivity index is 2.63. The summed E-state index contributed by atoms with van der Waals surface area (Å²) in [6.45, 7) is 5.10. The van der Waals surface area contributed by atoms with Crippen molar-refractivity contribution in [2.45, 2.75) is 20.3 Å². The Morgan fingerprint density at radius 3 is 2.82 bits per heavy atom. The van der Waals surface area contributed by atoms with Crippen LogP contribution in [0.25, 0.3) is 0 Å². The van der Waals surface area contributed by atoms with E-state index >= 15 is 0 Å². The Morgan fingerprint density at radius 1 is 1.64 bits per heavy atom. The van der Waals surface area contributed by atoms with Crippen molar-refractivity contribution in [3.05, 3.63) is 5.56 Å². The van der Waals surface area contributed by atoms with Gasteiger partial charge in [-0.1, -0.05) is 6.92 Å². The summed E-state index contributed by atoms with van der Waals surface area (Å²) in [5.74, 6) is 0.647. The van der Waals surface area contributed by atoms with Gasteiger partial charge in [-0.25, -0.2) is 0 Å². The maximum Gasteiger partial charge on any atom is 0.142 e. The van der Waals surface area contributed by atoms with Crippen LogP contribution in [-0.2, 0) is 0 Å². The molecule has 11 heavy (non-hydrogen) atoms. The van der Waals surface area contributed by atoms with Gasteiger partial charge in [0, 0.05) is 12.1 Å². The topological polar surface area (TPSA) is 50.9 Å². The van der Waals surface area contributed by atoms with E-state index in [2.05, 4.69) is 16.6 Å². The van der Waals surface area contributed by atoms with E-state index in [1.54, 1.807) is 0 Å². The number of hydrogen-bond acceptors (Lipinski definition) is 4. The van der Waals surface area contributed by atoms with E-state index in [0.717, 1.165) is 23.5 Å². The molecule has 0 fully saturated rings. The zero-order valence-corrected chi connectivity index (χ0v) is 7.66. The molecule has 0 amide bonds. The molecular formula is C7H13N3S. The first-order chi connectivity index (χ1) is 5.25. The summed E-state index contributed by atoms with van der Waals surface area (Å²) in [5, 5.41) is 4.36. The highest BCUT2D eigenvalue weighted by molar-refractivity contribution is 7.10. The summed E-state index contributed by atoms with van der Waals surface area (Å²) in [5.41, 5.74) is 6.64. The second-order valence-corrected chi connectivity index (χ2v) is 3.22. The minimum absolute atomic E-state index is 0.647. The van der Waals surface area contributed by atoms with E-state index in [-0.39, 0.29) is 0 Å². The van der Waals surface area contributed by atoms with Crippen LogP contribution in [0.5, 0.6) is 0 Å². The van der Waals surface area contributed by atoms with Crippen molar-refractivity contribution in [3.63, 3.8) is 0 Å². The number of aromatic nitrogens is 1. The van der Waals surface area contributed by atoms with Gasteiger partial charge < -0.3 is 11.1 Å².